The number of benzene rings is 2. The molecule has 6 nitrogen and oxygen atoms in total. The lowest BCUT2D eigenvalue weighted by molar-refractivity contribution is -0.119. The maximum absolute atomic E-state index is 12.7. The zero-order valence-electron chi connectivity index (χ0n) is 19.0. The van der Waals surface area contributed by atoms with Crippen LogP contribution in [0.2, 0.25) is 5.15 Å². The van der Waals surface area contributed by atoms with E-state index in [2.05, 4.69) is 24.3 Å². The highest BCUT2D eigenvalue weighted by Crippen LogP contribution is 2.27. The van der Waals surface area contributed by atoms with Crippen LogP contribution in [-0.4, -0.2) is 28.3 Å². The van der Waals surface area contributed by atoms with Crippen LogP contribution in [0.1, 0.15) is 58.1 Å². The van der Waals surface area contributed by atoms with Gasteiger partial charge in [-0.15, -0.1) is 0 Å². The van der Waals surface area contributed by atoms with Crippen LogP contribution < -0.4 is 5.32 Å². The molecule has 1 aromatic heterocycles. The fraction of sp³-hybridized carbons (Fsp3) is 0.320. The minimum Gasteiger partial charge on any atom is -0.452 e. The average molecular weight is 454 g/mol. The summed E-state index contributed by atoms with van der Waals surface area (Å²) in [5, 5.41) is 7.43. The maximum atomic E-state index is 12.7. The Morgan fingerprint density at radius 2 is 1.78 bits per heavy atom. The number of amides is 1. The first-order valence-electron chi connectivity index (χ1n) is 10.5. The monoisotopic (exact) mass is 453 g/mol. The van der Waals surface area contributed by atoms with E-state index in [1.165, 1.54) is 0 Å². The van der Waals surface area contributed by atoms with Crippen LogP contribution in [-0.2, 0) is 16.1 Å². The smallest absolute Gasteiger partial charge is 0.343 e. The molecule has 0 bridgehead atoms. The summed E-state index contributed by atoms with van der Waals surface area (Å²) in [7, 11) is 0. The van der Waals surface area contributed by atoms with Gasteiger partial charge in [-0.05, 0) is 43.4 Å². The zero-order chi connectivity index (χ0) is 23.4. The number of hydrogen-bond acceptors (Lipinski definition) is 4. The summed E-state index contributed by atoms with van der Waals surface area (Å²) in [4.78, 5) is 25.1. The van der Waals surface area contributed by atoms with E-state index in [0.717, 1.165) is 27.9 Å². The molecule has 0 atom stereocenters. The molecule has 0 saturated heterocycles. The highest BCUT2D eigenvalue weighted by Gasteiger charge is 2.23. The minimum absolute atomic E-state index is 0.172. The summed E-state index contributed by atoms with van der Waals surface area (Å²) in [5.41, 5.74) is 5.53. The van der Waals surface area contributed by atoms with E-state index < -0.39 is 18.5 Å². The SMILES string of the molecule is Cc1ccc(Cn2nc(C)c(C(=O)OCC(=O)Nc3c(C)cccc3C(C)C)c2Cl)cc1. The van der Waals surface area contributed by atoms with Gasteiger partial charge in [0.25, 0.3) is 5.91 Å². The van der Waals surface area contributed by atoms with Crippen LogP contribution in [0.5, 0.6) is 0 Å². The van der Waals surface area contributed by atoms with Gasteiger partial charge < -0.3 is 10.1 Å². The number of anilines is 1. The summed E-state index contributed by atoms with van der Waals surface area (Å²) in [6.45, 7) is 9.77. The van der Waals surface area contributed by atoms with Crippen LogP contribution in [0.3, 0.4) is 0 Å². The van der Waals surface area contributed by atoms with E-state index in [1.54, 1.807) is 11.6 Å². The lowest BCUT2D eigenvalue weighted by Gasteiger charge is -2.16. The molecular weight excluding hydrogens is 426 g/mol. The molecule has 7 heteroatoms. The summed E-state index contributed by atoms with van der Waals surface area (Å²) in [6.07, 6.45) is 0. The van der Waals surface area contributed by atoms with E-state index in [1.807, 2.05) is 56.3 Å². The van der Waals surface area contributed by atoms with Gasteiger partial charge in [0.15, 0.2) is 6.61 Å². The molecule has 3 aromatic rings. The highest BCUT2D eigenvalue weighted by molar-refractivity contribution is 6.32. The number of carbonyl (C=O) groups excluding carboxylic acids is 2. The molecule has 0 unspecified atom stereocenters. The second-order valence-corrected chi connectivity index (χ2v) is 8.57. The third kappa shape index (κ3) is 5.37. The minimum atomic E-state index is -0.674. The molecular formula is C25H28ClN3O3. The lowest BCUT2D eigenvalue weighted by Crippen LogP contribution is -2.22. The van der Waals surface area contributed by atoms with Crippen LogP contribution in [0.15, 0.2) is 42.5 Å². The Balaban J connectivity index is 1.67. The molecule has 1 heterocycles. The van der Waals surface area contributed by atoms with Gasteiger partial charge >= 0.3 is 5.97 Å². The summed E-state index contributed by atoms with van der Waals surface area (Å²) >= 11 is 6.43. The van der Waals surface area contributed by atoms with E-state index in [9.17, 15) is 9.59 Å². The van der Waals surface area contributed by atoms with Crippen molar-refractivity contribution in [1.82, 2.24) is 9.78 Å². The number of aromatic nitrogens is 2. The number of aryl methyl sites for hydroxylation is 3. The molecule has 0 saturated carbocycles. The van der Waals surface area contributed by atoms with Gasteiger partial charge in [-0.3, -0.25) is 4.79 Å². The highest BCUT2D eigenvalue weighted by atomic mass is 35.5. The number of para-hydroxylation sites is 1. The zero-order valence-corrected chi connectivity index (χ0v) is 19.8. The Hall–Kier alpha value is -3.12. The van der Waals surface area contributed by atoms with Gasteiger partial charge in [0.1, 0.15) is 10.7 Å². The quantitative estimate of drug-likeness (QED) is 0.484. The Morgan fingerprint density at radius 1 is 1.09 bits per heavy atom. The van der Waals surface area contributed by atoms with Crippen molar-refractivity contribution in [1.29, 1.82) is 0 Å². The fourth-order valence-corrected chi connectivity index (χ4v) is 3.79. The Labute approximate surface area is 193 Å². The topological polar surface area (TPSA) is 73.2 Å². The summed E-state index contributed by atoms with van der Waals surface area (Å²) in [5.74, 6) is -0.837. The second kappa shape index (κ2) is 10.0. The number of carbonyl (C=O) groups is 2. The molecule has 0 radical (unpaired) electrons. The Bertz CT molecular complexity index is 1130. The fourth-order valence-electron chi connectivity index (χ4n) is 3.48. The van der Waals surface area contributed by atoms with Gasteiger partial charge in [0.05, 0.1) is 12.2 Å². The molecule has 32 heavy (non-hydrogen) atoms. The van der Waals surface area contributed by atoms with E-state index in [0.29, 0.717) is 12.2 Å². The van der Waals surface area contributed by atoms with Crippen molar-refractivity contribution in [3.8, 4) is 0 Å². The molecule has 3 rings (SSSR count). The lowest BCUT2D eigenvalue weighted by atomic mass is 9.98. The molecule has 0 aliphatic heterocycles. The van der Waals surface area contributed by atoms with Crippen LogP contribution in [0.25, 0.3) is 0 Å². The van der Waals surface area contributed by atoms with Crippen LogP contribution >= 0.6 is 11.6 Å². The Morgan fingerprint density at radius 3 is 2.44 bits per heavy atom. The van der Waals surface area contributed by atoms with Crippen molar-refractivity contribution in [3.05, 3.63) is 81.1 Å². The van der Waals surface area contributed by atoms with Crippen LogP contribution in [0, 0.1) is 20.8 Å². The molecule has 0 fully saturated rings. The van der Waals surface area contributed by atoms with E-state index >= 15 is 0 Å². The third-order valence-electron chi connectivity index (χ3n) is 5.25. The van der Waals surface area contributed by atoms with Gasteiger partial charge in [-0.2, -0.15) is 5.10 Å². The van der Waals surface area contributed by atoms with Crippen molar-refractivity contribution in [2.75, 3.05) is 11.9 Å². The van der Waals surface area contributed by atoms with Gasteiger partial charge in [0.2, 0.25) is 0 Å². The molecule has 168 valence electrons. The number of halogens is 1. The summed E-state index contributed by atoms with van der Waals surface area (Å²) < 4.78 is 6.81. The third-order valence-corrected chi connectivity index (χ3v) is 5.63. The standard InChI is InChI=1S/C25H28ClN3O3/c1-15(2)20-8-6-7-17(4)23(20)27-21(30)14-32-25(31)22-18(5)28-29(24(22)26)13-19-11-9-16(3)10-12-19/h6-12,15H,13-14H2,1-5H3,(H,27,30). The predicted molar refractivity (Wildman–Crippen MR) is 126 cm³/mol. The number of rotatable bonds is 7. The number of nitrogens with one attached hydrogen (secondary N) is 1. The number of esters is 1. The largest absolute Gasteiger partial charge is 0.452 e. The average Bonchev–Trinajstić information content (AvgIpc) is 3.02. The molecule has 1 N–H and O–H groups in total. The summed E-state index contributed by atoms with van der Waals surface area (Å²) in [6, 6.07) is 13.9. The first-order valence-corrected chi connectivity index (χ1v) is 10.9. The van der Waals surface area contributed by atoms with E-state index in [-0.39, 0.29) is 16.6 Å². The molecule has 0 spiro atoms. The first kappa shape index (κ1) is 23.5. The van der Waals surface area contributed by atoms with Crippen molar-refractivity contribution < 1.29 is 14.3 Å². The number of nitrogens with zero attached hydrogens (tertiary/aromatic N) is 2. The van der Waals surface area contributed by atoms with Gasteiger partial charge in [-0.25, -0.2) is 9.48 Å². The maximum Gasteiger partial charge on any atom is 0.343 e. The van der Waals surface area contributed by atoms with Crippen molar-refractivity contribution >= 4 is 29.2 Å². The van der Waals surface area contributed by atoms with Gasteiger partial charge in [0, 0.05) is 5.69 Å². The van der Waals surface area contributed by atoms with Gasteiger partial charge in [-0.1, -0.05) is 73.5 Å². The molecule has 0 aliphatic rings. The Kier molecular flexibility index (Phi) is 7.36. The number of ether oxygens (including phenoxy) is 1. The van der Waals surface area contributed by atoms with E-state index in [4.69, 9.17) is 16.3 Å². The molecule has 2 aromatic carbocycles. The van der Waals surface area contributed by atoms with Crippen molar-refractivity contribution in [2.45, 2.75) is 47.1 Å². The van der Waals surface area contributed by atoms with Crippen molar-refractivity contribution in [2.24, 2.45) is 0 Å². The second-order valence-electron chi connectivity index (χ2n) is 8.21. The molecule has 0 aliphatic carbocycles. The van der Waals surface area contributed by atoms with Crippen LogP contribution in [0.4, 0.5) is 5.69 Å². The predicted octanol–water partition coefficient (Wildman–Crippen LogP) is 5.43. The number of hydrogen-bond donors (Lipinski definition) is 1. The first-order chi connectivity index (χ1) is 15.2. The van der Waals surface area contributed by atoms with Crippen molar-refractivity contribution in [3.63, 3.8) is 0 Å². The molecule has 1 amide bonds. The normalized spacial score (nSPS) is 11.0.